The molecule has 0 aromatic carbocycles. The van der Waals surface area contributed by atoms with Crippen molar-refractivity contribution in [2.45, 2.75) is 0 Å². The van der Waals surface area contributed by atoms with Crippen molar-refractivity contribution >= 4 is 21.3 Å². The lowest BCUT2D eigenvalue weighted by molar-refractivity contribution is -0.131. The second-order valence-electron chi connectivity index (χ2n) is 2.47. The predicted octanol–water partition coefficient (Wildman–Crippen LogP) is -1.75. The molecule has 0 atom stereocenters. The van der Waals surface area contributed by atoms with E-state index >= 15 is 0 Å². The van der Waals surface area contributed by atoms with Crippen LogP contribution in [0.15, 0.2) is 23.1 Å². The van der Waals surface area contributed by atoms with Gasteiger partial charge in [0.25, 0.3) is 0 Å². The van der Waals surface area contributed by atoms with Crippen molar-refractivity contribution in [2.75, 3.05) is 6.26 Å². The Bertz CT molecular complexity index is 400. The highest BCUT2D eigenvalue weighted by atomic mass is 32.2. The summed E-state index contributed by atoms with van der Waals surface area (Å²) in [5, 5.41) is 5.24. The van der Waals surface area contributed by atoms with Crippen molar-refractivity contribution in [3.63, 3.8) is 0 Å². The molecule has 0 aromatic rings. The van der Waals surface area contributed by atoms with Gasteiger partial charge in [-0.1, -0.05) is 0 Å². The quantitative estimate of drug-likeness (QED) is 0.493. The fraction of sp³-hybridized carbons (Fsp3) is 0.143. The van der Waals surface area contributed by atoms with E-state index in [1.807, 2.05) is 0 Å². The van der Waals surface area contributed by atoms with Gasteiger partial charge in [-0.15, -0.1) is 0 Å². The zero-order valence-corrected chi connectivity index (χ0v) is 7.26. The van der Waals surface area contributed by atoms with Crippen LogP contribution in [-0.2, 0) is 14.6 Å². The van der Waals surface area contributed by atoms with E-state index in [0.29, 0.717) is 0 Å². The summed E-state index contributed by atoms with van der Waals surface area (Å²) >= 11 is 0. The Hall–Kier alpha value is -1.23. The monoisotopic (exact) mass is 186 g/mol. The molecule has 0 spiro atoms. The van der Waals surface area contributed by atoms with Crippen LogP contribution in [-0.4, -0.2) is 26.2 Å². The van der Waals surface area contributed by atoms with E-state index in [2.05, 4.69) is 0 Å². The van der Waals surface area contributed by atoms with Crippen LogP contribution in [0.5, 0.6) is 0 Å². The van der Waals surface area contributed by atoms with Crippen LogP contribution >= 0.6 is 0 Å². The van der Waals surface area contributed by atoms with Crippen LogP contribution in [0.3, 0.4) is 0 Å². The number of sulfone groups is 1. The van der Waals surface area contributed by atoms with Crippen LogP contribution in [0, 0.1) is 0 Å². The highest BCUT2D eigenvalue weighted by molar-refractivity contribution is 7.94. The van der Waals surface area contributed by atoms with Gasteiger partial charge in [0.05, 0.1) is 4.91 Å². The molecule has 0 heterocycles. The maximum absolute atomic E-state index is 10.9. The molecule has 0 amide bonds. The maximum Gasteiger partial charge on any atom is 0.249 e. The Kier molecular flexibility index (Phi) is 1.97. The van der Waals surface area contributed by atoms with Crippen molar-refractivity contribution in [3.8, 4) is 0 Å². The first-order valence-corrected chi connectivity index (χ1v) is 5.07. The summed E-state index contributed by atoms with van der Waals surface area (Å²) in [6.07, 6.45) is 4.61. The number of ketones is 1. The predicted molar refractivity (Wildman–Crippen MR) is 44.0 cm³/mol. The highest BCUT2D eigenvalue weighted by Gasteiger charge is 2.19. The zero-order chi connectivity index (χ0) is 9.35. The number of allylic oxidation sites excluding steroid dienone is 3. The van der Waals surface area contributed by atoms with E-state index in [1.165, 1.54) is 6.08 Å². The summed E-state index contributed by atoms with van der Waals surface area (Å²) in [5.41, 5.74) is -0.0436. The van der Waals surface area contributed by atoms with Gasteiger partial charge in [-0.2, -0.15) is 0 Å². The molecule has 0 bridgehead atoms. The first-order chi connectivity index (χ1) is 5.41. The Morgan fingerprint density at radius 1 is 1.33 bits per heavy atom. The molecule has 0 saturated carbocycles. The van der Waals surface area contributed by atoms with Gasteiger partial charge in [-0.3, -0.25) is 10.2 Å². The summed E-state index contributed by atoms with van der Waals surface area (Å²) in [4.78, 5) is 10.8. The van der Waals surface area contributed by atoms with Gasteiger partial charge in [0.1, 0.15) is 0 Å². The standard InChI is InChI=1S/C7H7NO3S/c1-12(10,11)5-2-3-7(9)6(8)4-5/h2-4,8H,1H3/p+1. The average Bonchev–Trinajstić information content (AvgIpc) is 1.92. The fourth-order valence-corrected chi connectivity index (χ4v) is 1.41. The van der Waals surface area contributed by atoms with E-state index < -0.39 is 9.84 Å². The first-order valence-electron chi connectivity index (χ1n) is 3.18. The molecule has 0 radical (unpaired) electrons. The first kappa shape index (κ1) is 8.86. The minimum Gasteiger partial charge on any atom is -0.283 e. The normalized spacial score (nSPS) is 17.9. The maximum atomic E-state index is 10.9. The average molecular weight is 186 g/mol. The third-order valence-corrected chi connectivity index (χ3v) is 2.52. The number of hydrogen-bond donors (Lipinski definition) is 1. The SMILES string of the molecule is CS(=O)(=O)C1=CC(=[NH2+])C(=O)C=C1. The lowest BCUT2D eigenvalue weighted by Gasteiger charge is -2.00. The smallest absolute Gasteiger partial charge is 0.249 e. The van der Waals surface area contributed by atoms with E-state index in [1.54, 1.807) is 0 Å². The van der Waals surface area contributed by atoms with Crippen molar-refractivity contribution in [2.24, 2.45) is 0 Å². The molecule has 0 saturated heterocycles. The molecule has 0 aromatic heterocycles. The molecule has 2 N–H and O–H groups in total. The molecule has 1 aliphatic rings. The molecule has 4 nitrogen and oxygen atoms in total. The van der Waals surface area contributed by atoms with Crippen LogP contribution < -0.4 is 5.41 Å². The molecule has 0 fully saturated rings. The summed E-state index contributed by atoms with van der Waals surface area (Å²) in [6, 6.07) is 0. The van der Waals surface area contributed by atoms with Gasteiger partial charge in [0, 0.05) is 12.3 Å². The van der Waals surface area contributed by atoms with E-state index in [-0.39, 0.29) is 16.4 Å². The van der Waals surface area contributed by atoms with Crippen molar-refractivity contribution in [3.05, 3.63) is 23.1 Å². The number of carbonyl (C=O) groups excluding carboxylic acids is 1. The Labute approximate surface area is 70.0 Å². The lowest BCUT2D eigenvalue weighted by atomic mass is 10.1. The van der Waals surface area contributed by atoms with Crippen LogP contribution in [0.2, 0.25) is 0 Å². The third-order valence-electron chi connectivity index (χ3n) is 1.41. The van der Waals surface area contributed by atoms with Crippen LogP contribution in [0.25, 0.3) is 0 Å². The Balaban J connectivity index is 3.16. The number of rotatable bonds is 1. The molecule has 0 aliphatic heterocycles. The topological polar surface area (TPSA) is 76.8 Å². The second-order valence-corrected chi connectivity index (χ2v) is 4.49. The summed E-state index contributed by atoms with van der Waals surface area (Å²) in [6.45, 7) is 0. The summed E-state index contributed by atoms with van der Waals surface area (Å²) in [5.74, 6) is -0.359. The molecule has 64 valence electrons. The van der Waals surface area contributed by atoms with Crippen molar-refractivity contribution < 1.29 is 18.6 Å². The van der Waals surface area contributed by atoms with E-state index in [0.717, 1.165) is 18.4 Å². The minimum absolute atomic E-state index is 0.0436. The van der Waals surface area contributed by atoms with E-state index in [4.69, 9.17) is 5.41 Å². The molecule has 1 aliphatic carbocycles. The third kappa shape index (κ3) is 1.68. The molecular formula is C7H8NO3S+. The van der Waals surface area contributed by atoms with Crippen LogP contribution in [0.1, 0.15) is 0 Å². The molecule has 12 heavy (non-hydrogen) atoms. The van der Waals surface area contributed by atoms with Crippen molar-refractivity contribution in [1.29, 1.82) is 0 Å². The Morgan fingerprint density at radius 3 is 2.33 bits per heavy atom. The van der Waals surface area contributed by atoms with Gasteiger partial charge in [0.15, 0.2) is 9.84 Å². The van der Waals surface area contributed by atoms with Crippen LogP contribution in [0.4, 0.5) is 0 Å². The number of hydrogen-bond acceptors (Lipinski definition) is 3. The van der Waals surface area contributed by atoms with Gasteiger partial charge in [0.2, 0.25) is 11.5 Å². The molecular weight excluding hydrogens is 178 g/mol. The van der Waals surface area contributed by atoms with E-state index in [9.17, 15) is 13.2 Å². The molecule has 1 rings (SSSR count). The Morgan fingerprint density at radius 2 is 1.92 bits per heavy atom. The van der Waals surface area contributed by atoms with Gasteiger partial charge in [-0.05, 0) is 12.2 Å². The molecule has 0 unspecified atom stereocenters. The highest BCUT2D eigenvalue weighted by Crippen LogP contribution is 2.09. The summed E-state index contributed by atoms with van der Waals surface area (Å²) in [7, 11) is -3.26. The van der Waals surface area contributed by atoms with Gasteiger partial charge in [-0.25, -0.2) is 8.42 Å². The number of carbonyl (C=O) groups is 1. The minimum atomic E-state index is -3.26. The van der Waals surface area contributed by atoms with Gasteiger partial charge >= 0.3 is 0 Å². The van der Waals surface area contributed by atoms with Crippen molar-refractivity contribution in [1.82, 2.24) is 0 Å². The van der Waals surface area contributed by atoms with Gasteiger partial charge < -0.3 is 0 Å². The fourth-order valence-electron chi connectivity index (χ4n) is 0.757. The number of nitrogens with two attached hydrogens (primary N) is 1. The zero-order valence-electron chi connectivity index (χ0n) is 6.44. The second kappa shape index (κ2) is 2.67. The lowest BCUT2D eigenvalue weighted by Crippen LogP contribution is -2.44. The largest absolute Gasteiger partial charge is 0.283 e. The molecule has 5 heteroatoms. The summed E-state index contributed by atoms with van der Waals surface area (Å²) < 4.78 is 21.9.